The van der Waals surface area contributed by atoms with Crippen molar-refractivity contribution in [1.82, 2.24) is 0 Å². The van der Waals surface area contributed by atoms with Gasteiger partial charge in [0.25, 0.3) is 0 Å². The topological polar surface area (TPSA) is 72.8 Å². The first kappa shape index (κ1) is 15.4. The monoisotopic (exact) mass is 268 g/mol. The largest absolute Gasteiger partial charge is 0.460 e. The third-order valence-electron chi connectivity index (χ3n) is 2.68. The first-order valence-corrected chi connectivity index (χ1v) is 6.41. The highest BCUT2D eigenvalue weighted by Crippen LogP contribution is 2.08. The van der Waals surface area contributed by atoms with Crippen LogP contribution in [0.5, 0.6) is 0 Å². The Balaban J connectivity index is 2.69. The summed E-state index contributed by atoms with van der Waals surface area (Å²) in [6.45, 7) is 3.50. The van der Waals surface area contributed by atoms with E-state index >= 15 is 0 Å². The van der Waals surface area contributed by atoms with Crippen LogP contribution in [0.15, 0.2) is 24.3 Å². The molecule has 0 saturated carbocycles. The van der Waals surface area contributed by atoms with Crippen LogP contribution in [0.4, 0.5) is 0 Å². The van der Waals surface area contributed by atoms with Crippen LogP contribution in [0.2, 0.25) is 0 Å². The molecular formula is C14H20O5. The smallest absolute Gasteiger partial charge is 0.330 e. The van der Waals surface area contributed by atoms with Crippen molar-refractivity contribution in [3.05, 3.63) is 24.3 Å². The van der Waals surface area contributed by atoms with Gasteiger partial charge < -0.3 is 14.6 Å². The van der Waals surface area contributed by atoms with Gasteiger partial charge in [0.15, 0.2) is 0 Å². The second kappa shape index (κ2) is 7.74. The van der Waals surface area contributed by atoms with E-state index in [1.165, 1.54) is 18.2 Å². The number of hydrogen-bond donors (Lipinski definition) is 1. The fraction of sp³-hybridized carbons (Fsp3) is 0.571. The number of carbonyl (C=O) groups is 2. The van der Waals surface area contributed by atoms with Crippen LogP contribution in [-0.2, 0) is 19.1 Å². The van der Waals surface area contributed by atoms with E-state index in [2.05, 4.69) is 0 Å². The predicted octanol–water partition coefficient (Wildman–Crippen LogP) is 1.51. The fourth-order valence-corrected chi connectivity index (χ4v) is 1.63. The summed E-state index contributed by atoms with van der Waals surface area (Å²) in [5, 5.41) is 9.64. The Bertz CT molecular complexity index is 372. The standard InChI is InChI=1S/C14H20O5/c1-10-4-3-5-13(16)19-11(2)6-7-12(15)8-9-14(17)18-10/h3,5,8-12,15H,4,6-7H2,1-2H3. The van der Waals surface area contributed by atoms with Crippen LogP contribution < -0.4 is 0 Å². The summed E-state index contributed by atoms with van der Waals surface area (Å²) in [4.78, 5) is 22.8. The molecule has 0 aliphatic carbocycles. The van der Waals surface area contributed by atoms with Crippen LogP contribution in [0.1, 0.15) is 33.1 Å². The van der Waals surface area contributed by atoms with E-state index in [4.69, 9.17) is 9.47 Å². The first-order chi connectivity index (χ1) is 8.97. The van der Waals surface area contributed by atoms with Crippen molar-refractivity contribution in [1.29, 1.82) is 0 Å². The van der Waals surface area contributed by atoms with Crippen LogP contribution in [0, 0.1) is 0 Å². The van der Waals surface area contributed by atoms with E-state index < -0.39 is 18.0 Å². The Morgan fingerprint density at radius 1 is 1.05 bits per heavy atom. The average Bonchev–Trinajstić information content (AvgIpc) is 2.32. The molecule has 1 heterocycles. The van der Waals surface area contributed by atoms with Crippen molar-refractivity contribution in [3.63, 3.8) is 0 Å². The molecule has 0 bridgehead atoms. The van der Waals surface area contributed by atoms with Gasteiger partial charge in [-0.25, -0.2) is 9.59 Å². The van der Waals surface area contributed by atoms with Gasteiger partial charge in [-0.05, 0) is 32.8 Å². The van der Waals surface area contributed by atoms with Crippen LogP contribution >= 0.6 is 0 Å². The zero-order valence-corrected chi connectivity index (χ0v) is 11.2. The summed E-state index contributed by atoms with van der Waals surface area (Å²) in [7, 11) is 0. The molecule has 0 aromatic carbocycles. The van der Waals surface area contributed by atoms with Gasteiger partial charge in [0, 0.05) is 18.6 Å². The highest BCUT2D eigenvalue weighted by atomic mass is 16.5. The minimum Gasteiger partial charge on any atom is -0.460 e. The number of aliphatic hydroxyl groups excluding tert-OH is 1. The second-order valence-electron chi connectivity index (χ2n) is 4.64. The molecule has 3 atom stereocenters. The van der Waals surface area contributed by atoms with Crippen LogP contribution in [-0.4, -0.2) is 35.4 Å². The number of carbonyl (C=O) groups excluding carboxylic acids is 2. The lowest BCUT2D eigenvalue weighted by molar-refractivity contribution is -0.142. The van der Waals surface area contributed by atoms with Crippen molar-refractivity contribution in [2.75, 3.05) is 0 Å². The van der Waals surface area contributed by atoms with Crippen molar-refractivity contribution < 1.29 is 24.2 Å². The molecule has 0 aromatic rings. The normalized spacial score (nSPS) is 30.4. The number of ether oxygens (including phenoxy) is 2. The number of cyclic esters (lactones) is 2. The molecule has 1 aliphatic rings. The highest BCUT2D eigenvalue weighted by Gasteiger charge is 2.11. The molecule has 106 valence electrons. The molecule has 0 aromatic heterocycles. The Kier molecular flexibility index (Phi) is 6.29. The predicted molar refractivity (Wildman–Crippen MR) is 69.2 cm³/mol. The van der Waals surface area contributed by atoms with E-state index in [1.807, 2.05) is 0 Å². The number of aliphatic hydroxyl groups is 1. The highest BCUT2D eigenvalue weighted by molar-refractivity contribution is 5.82. The maximum atomic E-state index is 11.4. The summed E-state index contributed by atoms with van der Waals surface area (Å²) in [5.41, 5.74) is 0. The minimum atomic E-state index is -0.748. The molecule has 5 heteroatoms. The minimum absolute atomic E-state index is 0.271. The van der Waals surface area contributed by atoms with Gasteiger partial charge in [0.05, 0.1) is 12.2 Å². The summed E-state index contributed by atoms with van der Waals surface area (Å²) in [6.07, 6.45) is 5.60. The lowest BCUT2D eigenvalue weighted by Gasteiger charge is -2.14. The van der Waals surface area contributed by atoms with Crippen LogP contribution in [0.3, 0.4) is 0 Å². The summed E-state index contributed by atoms with van der Waals surface area (Å²) >= 11 is 0. The van der Waals surface area contributed by atoms with Crippen molar-refractivity contribution in [3.8, 4) is 0 Å². The fourth-order valence-electron chi connectivity index (χ4n) is 1.63. The summed E-state index contributed by atoms with van der Waals surface area (Å²) in [6, 6.07) is 0. The van der Waals surface area contributed by atoms with Gasteiger partial charge in [0.1, 0.15) is 6.10 Å². The zero-order valence-electron chi connectivity index (χ0n) is 11.2. The van der Waals surface area contributed by atoms with Crippen molar-refractivity contribution in [2.45, 2.75) is 51.4 Å². The molecule has 5 nitrogen and oxygen atoms in total. The zero-order chi connectivity index (χ0) is 14.3. The van der Waals surface area contributed by atoms with E-state index in [9.17, 15) is 14.7 Å². The molecular weight excluding hydrogens is 248 g/mol. The van der Waals surface area contributed by atoms with Gasteiger partial charge >= 0.3 is 11.9 Å². The number of hydrogen-bond acceptors (Lipinski definition) is 5. The molecule has 0 amide bonds. The molecule has 0 spiro atoms. The molecule has 19 heavy (non-hydrogen) atoms. The molecule has 1 rings (SSSR count). The Labute approximate surface area is 112 Å². The Morgan fingerprint density at radius 3 is 2.42 bits per heavy atom. The summed E-state index contributed by atoms with van der Waals surface area (Å²) in [5.74, 6) is -0.916. The average molecular weight is 268 g/mol. The van der Waals surface area contributed by atoms with E-state index in [-0.39, 0.29) is 12.2 Å². The van der Waals surface area contributed by atoms with E-state index in [0.717, 1.165) is 0 Å². The van der Waals surface area contributed by atoms with Crippen LogP contribution in [0.25, 0.3) is 0 Å². The SMILES string of the molecule is CC1CC=CC(=O)OC(C)CCC(O)C=CC(=O)O1. The third kappa shape index (κ3) is 6.76. The van der Waals surface area contributed by atoms with Gasteiger partial charge in [-0.15, -0.1) is 0 Å². The van der Waals surface area contributed by atoms with Crippen molar-refractivity contribution >= 4 is 11.9 Å². The lowest BCUT2D eigenvalue weighted by atomic mass is 10.1. The molecule has 1 aliphatic heterocycles. The van der Waals surface area contributed by atoms with Crippen molar-refractivity contribution in [2.24, 2.45) is 0 Å². The maximum Gasteiger partial charge on any atom is 0.330 e. The first-order valence-electron chi connectivity index (χ1n) is 6.41. The number of rotatable bonds is 0. The lowest BCUT2D eigenvalue weighted by Crippen LogP contribution is -2.17. The second-order valence-corrected chi connectivity index (χ2v) is 4.64. The number of esters is 2. The molecule has 0 fully saturated rings. The van der Waals surface area contributed by atoms with E-state index in [0.29, 0.717) is 19.3 Å². The molecule has 0 radical (unpaired) electrons. The Hall–Kier alpha value is -1.62. The van der Waals surface area contributed by atoms with Gasteiger partial charge in [-0.1, -0.05) is 6.08 Å². The maximum absolute atomic E-state index is 11.4. The van der Waals surface area contributed by atoms with Gasteiger partial charge in [-0.2, -0.15) is 0 Å². The van der Waals surface area contributed by atoms with Gasteiger partial charge in [-0.3, -0.25) is 0 Å². The third-order valence-corrected chi connectivity index (χ3v) is 2.68. The van der Waals surface area contributed by atoms with Gasteiger partial charge in [0.2, 0.25) is 0 Å². The molecule has 0 saturated heterocycles. The van der Waals surface area contributed by atoms with E-state index in [1.54, 1.807) is 19.9 Å². The summed E-state index contributed by atoms with van der Waals surface area (Å²) < 4.78 is 10.2. The molecule has 1 N–H and O–H groups in total. The quantitative estimate of drug-likeness (QED) is 0.674. The Morgan fingerprint density at radius 2 is 1.68 bits per heavy atom. The molecule has 3 unspecified atom stereocenters.